The smallest absolute Gasteiger partial charge is 0.224 e. The van der Waals surface area contributed by atoms with Crippen molar-refractivity contribution in [1.82, 2.24) is 4.90 Å². The Morgan fingerprint density at radius 3 is 1.62 bits per heavy atom. The van der Waals surface area contributed by atoms with Crippen molar-refractivity contribution in [3.05, 3.63) is 0 Å². The van der Waals surface area contributed by atoms with E-state index in [9.17, 15) is 4.79 Å². The molecule has 0 rings (SSSR count). The summed E-state index contributed by atoms with van der Waals surface area (Å²) in [5.74, 6) is 0.108. The summed E-state index contributed by atoms with van der Waals surface area (Å²) >= 11 is 0. The van der Waals surface area contributed by atoms with E-state index in [4.69, 9.17) is 18.9 Å². The topological polar surface area (TPSA) is 57.2 Å². The van der Waals surface area contributed by atoms with Crippen LogP contribution in [-0.2, 0) is 23.7 Å². The second-order valence-electron chi connectivity index (χ2n) is 4.61. The van der Waals surface area contributed by atoms with Crippen molar-refractivity contribution in [2.75, 3.05) is 66.4 Å². The van der Waals surface area contributed by atoms with Gasteiger partial charge in [-0.25, -0.2) is 0 Å². The van der Waals surface area contributed by atoms with Gasteiger partial charge in [-0.15, -0.1) is 0 Å². The Kier molecular flexibility index (Phi) is 15.2. The lowest BCUT2D eigenvalue weighted by Crippen LogP contribution is -2.27. The van der Waals surface area contributed by atoms with Crippen molar-refractivity contribution >= 4 is 5.91 Å². The molecule has 0 saturated heterocycles. The number of carbonyl (C=O) groups excluding carboxylic acids is 1. The third-order valence-electron chi connectivity index (χ3n) is 2.82. The van der Waals surface area contributed by atoms with Crippen LogP contribution in [-0.4, -0.2) is 77.3 Å². The lowest BCUT2D eigenvalue weighted by molar-refractivity contribution is -0.131. The van der Waals surface area contributed by atoms with Gasteiger partial charge < -0.3 is 23.8 Å². The molecule has 0 saturated carbocycles. The molecule has 0 unspecified atom stereocenters. The van der Waals surface area contributed by atoms with Gasteiger partial charge in [-0.2, -0.15) is 0 Å². The maximum absolute atomic E-state index is 11.5. The van der Waals surface area contributed by atoms with Crippen LogP contribution in [0, 0.1) is 0 Å². The molecule has 0 bridgehead atoms. The van der Waals surface area contributed by atoms with Gasteiger partial charge in [0.05, 0.1) is 52.7 Å². The van der Waals surface area contributed by atoms with E-state index in [0.717, 1.165) is 19.6 Å². The molecule has 0 spiro atoms. The molecule has 6 nitrogen and oxygen atoms in total. The molecule has 0 aliphatic rings. The summed E-state index contributed by atoms with van der Waals surface area (Å²) in [6.07, 6.45) is 1.45. The van der Waals surface area contributed by atoms with E-state index < -0.39 is 0 Å². The van der Waals surface area contributed by atoms with Crippen molar-refractivity contribution in [2.45, 2.75) is 26.7 Å². The number of amides is 1. The first kappa shape index (κ1) is 20.3. The minimum absolute atomic E-state index is 0.108. The average molecular weight is 305 g/mol. The summed E-state index contributed by atoms with van der Waals surface area (Å²) in [6, 6.07) is 0. The highest BCUT2D eigenvalue weighted by Crippen LogP contribution is 1.91. The second-order valence-corrected chi connectivity index (χ2v) is 4.61. The minimum Gasteiger partial charge on any atom is -0.379 e. The number of ether oxygens (including phenoxy) is 4. The Morgan fingerprint density at radius 2 is 1.19 bits per heavy atom. The van der Waals surface area contributed by atoms with E-state index >= 15 is 0 Å². The summed E-state index contributed by atoms with van der Waals surface area (Å²) in [4.78, 5) is 13.1. The van der Waals surface area contributed by atoms with Gasteiger partial charge in [0.2, 0.25) is 5.91 Å². The van der Waals surface area contributed by atoms with Crippen LogP contribution in [0.1, 0.15) is 26.7 Å². The summed E-state index contributed by atoms with van der Waals surface area (Å²) in [5.41, 5.74) is 0. The van der Waals surface area contributed by atoms with Crippen LogP contribution in [0.3, 0.4) is 0 Å². The maximum atomic E-state index is 11.5. The van der Waals surface area contributed by atoms with Crippen molar-refractivity contribution in [3.8, 4) is 0 Å². The van der Waals surface area contributed by atoms with Crippen LogP contribution in [0.4, 0.5) is 0 Å². The third kappa shape index (κ3) is 14.0. The third-order valence-corrected chi connectivity index (χ3v) is 2.82. The molecule has 0 aliphatic heterocycles. The maximum Gasteiger partial charge on any atom is 0.224 e. The van der Waals surface area contributed by atoms with Gasteiger partial charge >= 0.3 is 0 Å². The van der Waals surface area contributed by atoms with Crippen molar-refractivity contribution in [1.29, 1.82) is 0 Å². The molecule has 0 aromatic heterocycles. The van der Waals surface area contributed by atoms with Crippen LogP contribution in [0.2, 0.25) is 0 Å². The predicted octanol–water partition coefficient (Wildman–Crippen LogP) is 1.33. The summed E-state index contributed by atoms with van der Waals surface area (Å²) in [5, 5.41) is 0. The van der Waals surface area contributed by atoms with Gasteiger partial charge in [-0.05, 0) is 13.3 Å². The number of hydrogen-bond donors (Lipinski definition) is 0. The van der Waals surface area contributed by atoms with Crippen LogP contribution in [0.15, 0.2) is 0 Å². The number of carbonyl (C=O) groups is 1. The van der Waals surface area contributed by atoms with E-state index in [1.807, 2.05) is 6.92 Å². The van der Waals surface area contributed by atoms with Crippen molar-refractivity contribution in [3.63, 3.8) is 0 Å². The largest absolute Gasteiger partial charge is 0.379 e. The molecule has 0 fully saturated rings. The fraction of sp³-hybridized carbons (Fsp3) is 0.933. The molecule has 6 heteroatoms. The fourth-order valence-corrected chi connectivity index (χ4v) is 1.43. The SMILES string of the molecule is CCCOCCOCCOCCOCCC(=O)N(C)CC. The predicted molar refractivity (Wildman–Crippen MR) is 81.5 cm³/mol. The Balaban J connectivity index is 3.11. The normalized spacial score (nSPS) is 10.8. The van der Waals surface area contributed by atoms with E-state index in [-0.39, 0.29) is 5.91 Å². The van der Waals surface area contributed by atoms with E-state index in [1.54, 1.807) is 11.9 Å². The zero-order valence-corrected chi connectivity index (χ0v) is 13.8. The summed E-state index contributed by atoms with van der Waals surface area (Å²) in [7, 11) is 1.79. The lowest BCUT2D eigenvalue weighted by atomic mass is 10.4. The van der Waals surface area contributed by atoms with Crippen LogP contribution < -0.4 is 0 Å². The molecule has 0 aromatic carbocycles. The lowest BCUT2D eigenvalue weighted by Gasteiger charge is -2.14. The molecular formula is C15H31NO5. The van der Waals surface area contributed by atoms with Crippen LogP contribution in [0.5, 0.6) is 0 Å². The first-order valence-electron chi connectivity index (χ1n) is 7.77. The van der Waals surface area contributed by atoms with Crippen LogP contribution in [0.25, 0.3) is 0 Å². The highest BCUT2D eigenvalue weighted by Gasteiger charge is 2.05. The zero-order chi connectivity index (χ0) is 15.8. The number of nitrogens with zero attached hydrogens (tertiary/aromatic N) is 1. The van der Waals surface area contributed by atoms with Gasteiger partial charge in [0.25, 0.3) is 0 Å². The molecule has 0 heterocycles. The van der Waals surface area contributed by atoms with Crippen LogP contribution >= 0.6 is 0 Å². The van der Waals surface area contributed by atoms with Gasteiger partial charge in [-0.1, -0.05) is 6.92 Å². The van der Waals surface area contributed by atoms with E-state index in [2.05, 4.69) is 6.92 Å². The zero-order valence-electron chi connectivity index (χ0n) is 13.8. The molecule has 21 heavy (non-hydrogen) atoms. The van der Waals surface area contributed by atoms with Gasteiger partial charge in [-0.3, -0.25) is 4.79 Å². The van der Waals surface area contributed by atoms with Gasteiger partial charge in [0, 0.05) is 20.2 Å². The van der Waals surface area contributed by atoms with Gasteiger partial charge in [0.15, 0.2) is 0 Å². The standard InChI is InChI=1S/C15H31NO5/c1-4-7-18-9-11-20-13-14-21-12-10-19-8-6-15(17)16(3)5-2/h4-14H2,1-3H3. The monoisotopic (exact) mass is 305 g/mol. The number of rotatable bonds is 15. The molecule has 0 aliphatic carbocycles. The highest BCUT2D eigenvalue weighted by atomic mass is 16.6. The van der Waals surface area contributed by atoms with Gasteiger partial charge in [0.1, 0.15) is 0 Å². The average Bonchev–Trinajstić information content (AvgIpc) is 2.50. The molecule has 1 amide bonds. The summed E-state index contributed by atoms with van der Waals surface area (Å²) < 4.78 is 21.3. The Hall–Kier alpha value is -0.690. The quantitative estimate of drug-likeness (QED) is 0.427. The van der Waals surface area contributed by atoms with E-state index in [1.165, 1.54) is 0 Å². The molecule has 126 valence electrons. The fourth-order valence-electron chi connectivity index (χ4n) is 1.43. The summed E-state index contributed by atoms with van der Waals surface area (Å²) in [6.45, 7) is 9.36. The van der Waals surface area contributed by atoms with Crippen molar-refractivity contribution in [2.24, 2.45) is 0 Å². The molecule has 0 aromatic rings. The Labute approximate surface area is 128 Å². The van der Waals surface area contributed by atoms with Crippen molar-refractivity contribution < 1.29 is 23.7 Å². The molecule has 0 atom stereocenters. The first-order valence-corrected chi connectivity index (χ1v) is 7.77. The second kappa shape index (κ2) is 15.7. The number of hydrogen-bond acceptors (Lipinski definition) is 5. The Morgan fingerprint density at radius 1 is 0.762 bits per heavy atom. The molecular weight excluding hydrogens is 274 g/mol. The first-order chi connectivity index (χ1) is 10.2. The van der Waals surface area contributed by atoms with E-state index in [0.29, 0.717) is 52.7 Å². The molecule has 0 N–H and O–H groups in total. The minimum atomic E-state index is 0.108. The molecule has 0 radical (unpaired) electrons. The highest BCUT2D eigenvalue weighted by molar-refractivity contribution is 5.75. The Bertz CT molecular complexity index is 238.